The first kappa shape index (κ1) is 102. The Morgan fingerprint density at radius 3 is 0.785 bits per heavy atom. The Morgan fingerprint density at radius 1 is 0.271 bits per heavy atom. The van der Waals surface area contributed by atoms with Crippen molar-refractivity contribution in [1.82, 2.24) is 0 Å². The fourth-order valence-electron chi connectivity index (χ4n) is 11.1. The highest BCUT2D eigenvalue weighted by atomic mass is 31.2. The van der Waals surface area contributed by atoms with Crippen LogP contribution in [0.2, 0.25) is 0 Å². The van der Waals surface area contributed by atoms with Gasteiger partial charge >= 0.3 is 33.6 Å². The minimum Gasteiger partial charge on any atom is -0.463 e. The van der Waals surface area contributed by atoms with Crippen LogP contribution in [-0.2, 0) is 55.8 Å². The van der Waals surface area contributed by atoms with Crippen LogP contribution in [0.1, 0.15) is 342 Å². The van der Waals surface area contributed by atoms with Gasteiger partial charge in [0.15, 0.2) is 6.10 Å². The standard InChI is InChI=1S/C89H152O16P2/c1-4-7-10-13-16-19-22-25-28-31-34-36-38-40-41-43-45-46-49-51-54-57-60-63-66-69-72-75-87(92)99-78-84(90)79-101-106(95,96)102-80-85(91)81-103-107(97,98)104-83-86(105-89(94)77-74-71-68-65-62-59-56-53-48-33-30-27-24-21-18-15-12-9-6-3)82-100-88(93)76-73-70-67-64-61-58-55-52-50-47-44-42-39-37-35-32-29-26-23-20-17-14-11-8-5-2/h7,10,16-21,25-30,34-37,40-42,44,48,53,84-86,90-91H,4-6,8-9,11-15,22-24,31-33,38-39,43,45-47,49-52,54-83H2,1-3H3,(H,95,96)(H,97,98)/b10-7-,19-16-,20-17-,21-18-,28-25-,29-26-,30-27-,36-34-,37-35-,41-40-,44-42-,53-48-. The van der Waals surface area contributed by atoms with Crippen LogP contribution in [-0.4, -0.2) is 95.9 Å². The molecule has 0 saturated heterocycles. The Bertz CT molecular complexity index is 2530. The normalized spacial score (nSPS) is 14.6. The third kappa shape index (κ3) is 82.2. The molecular weight excluding hydrogens is 1390 g/mol. The van der Waals surface area contributed by atoms with E-state index in [1.165, 1.54) is 116 Å². The van der Waals surface area contributed by atoms with E-state index in [1.807, 2.05) is 0 Å². The lowest BCUT2D eigenvalue weighted by Gasteiger charge is -2.21. The van der Waals surface area contributed by atoms with Crippen LogP contribution in [0, 0.1) is 0 Å². The monoisotopic (exact) mass is 1540 g/mol. The minimum atomic E-state index is -4.94. The maximum atomic E-state index is 13.0. The topological polar surface area (TPSA) is 231 Å². The van der Waals surface area contributed by atoms with E-state index in [-0.39, 0.29) is 19.3 Å². The van der Waals surface area contributed by atoms with Gasteiger partial charge in [-0.25, -0.2) is 9.13 Å². The molecule has 0 aliphatic carbocycles. The number of rotatable bonds is 79. The summed E-state index contributed by atoms with van der Waals surface area (Å²) < 4.78 is 61.3. The summed E-state index contributed by atoms with van der Waals surface area (Å²) in [7, 11) is -9.81. The highest BCUT2D eigenvalue weighted by Gasteiger charge is 2.29. The van der Waals surface area contributed by atoms with Crippen molar-refractivity contribution in [3.8, 4) is 0 Å². The molecule has 0 saturated carbocycles. The number of phosphoric acid groups is 2. The molecule has 0 bridgehead atoms. The third-order valence-corrected chi connectivity index (χ3v) is 19.4. The van der Waals surface area contributed by atoms with Crippen LogP contribution in [0.5, 0.6) is 0 Å². The minimum absolute atomic E-state index is 0.0855. The summed E-state index contributed by atoms with van der Waals surface area (Å²) in [6, 6.07) is 0. The van der Waals surface area contributed by atoms with Crippen molar-refractivity contribution < 1.29 is 75.8 Å². The molecule has 0 aliphatic heterocycles. The predicted molar refractivity (Wildman–Crippen MR) is 445 cm³/mol. The number of allylic oxidation sites excluding steroid dienone is 24. The van der Waals surface area contributed by atoms with Crippen LogP contribution in [0.15, 0.2) is 146 Å². The van der Waals surface area contributed by atoms with Crippen LogP contribution in [0.4, 0.5) is 0 Å². The second kappa shape index (κ2) is 80.9. The van der Waals surface area contributed by atoms with Crippen molar-refractivity contribution in [2.45, 2.75) is 360 Å². The number of carbonyl (C=O) groups excluding carboxylic acids is 3. The average molecular weight is 1540 g/mol. The molecule has 0 aromatic heterocycles. The molecule has 0 aromatic carbocycles. The van der Waals surface area contributed by atoms with E-state index in [9.17, 15) is 43.5 Å². The van der Waals surface area contributed by atoms with E-state index < -0.39 is 91.5 Å². The van der Waals surface area contributed by atoms with E-state index in [2.05, 4.69) is 167 Å². The van der Waals surface area contributed by atoms with Crippen LogP contribution in [0.25, 0.3) is 0 Å². The van der Waals surface area contributed by atoms with Gasteiger partial charge in [-0.15, -0.1) is 0 Å². The Morgan fingerprint density at radius 2 is 0.495 bits per heavy atom. The zero-order valence-corrected chi connectivity index (χ0v) is 69.1. The van der Waals surface area contributed by atoms with Gasteiger partial charge in [-0.05, 0) is 148 Å². The quantitative estimate of drug-likeness (QED) is 0.0146. The van der Waals surface area contributed by atoms with Gasteiger partial charge in [0.2, 0.25) is 0 Å². The van der Waals surface area contributed by atoms with Gasteiger partial charge in [0.1, 0.15) is 25.4 Å². The van der Waals surface area contributed by atoms with E-state index >= 15 is 0 Å². The lowest BCUT2D eigenvalue weighted by molar-refractivity contribution is -0.161. The molecule has 5 unspecified atom stereocenters. The number of phosphoric ester groups is 2. The lowest BCUT2D eigenvalue weighted by Crippen LogP contribution is -2.30. The van der Waals surface area contributed by atoms with Gasteiger partial charge in [-0.3, -0.25) is 32.5 Å². The van der Waals surface area contributed by atoms with Crippen molar-refractivity contribution in [3.05, 3.63) is 146 Å². The van der Waals surface area contributed by atoms with Gasteiger partial charge in [0.25, 0.3) is 0 Å². The molecule has 0 rings (SSSR count). The Kier molecular flexibility index (Phi) is 77.5. The SMILES string of the molecule is CC/C=C\C/C=C\C/C=C\C/C=C\C/C=C\CCCCCCCCCCCCCC(=O)OCC(O)COP(=O)(O)OCC(O)COP(=O)(O)OCC(COC(=O)CCCCCCCCCCC/C=C\C/C=C\C/C=C\C/C=C\CCCCC)OC(=O)CCCCCCCC/C=C\C/C=C\C/C=C\CCCCC. The Labute approximate surface area is 651 Å². The zero-order chi connectivity index (χ0) is 78.0. The summed E-state index contributed by atoms with van der Waals surface area (Å²) in [5, 5.41) is 20.7. The second-order valence-electron chi connectivity index (χ2n) is 27.9. The fourth-order valence-corrected chi connectivity index (χ4v) is 12.7. The first-order chi connectivity index (χ1) is 52.2. The van der Waals surface area contributed by atoms with E-state index in [0.29, 0.717) is 19.3 Å². The van der Waals surface area contributed by atoms with Crippen LogP contribution < -0.4 is 0 Å². The van der Waals surface area contributed by atoms with E-state index in [0.717, 1.165) is 167 Å². The molecule has 18 heteroatoms. The van der Waals surface area contributed by atoms with E-state index in [4.69, 9.17) is 32.3 Å². The summed E-state index contributed by atoms with van der Waals surface area (Å²) in [6.45, 7) is 2.51. The molecule has 0 heterocycles. The summed E-state index contributed by atoms with van der Waals surface area (Å²) in [4.78, 5) is 58.8. The Hall–Kier alpha value is -4.57. The number of carbonyl (C=O) groups is 3. The lowest BCUT2D eigenvalue weighted by atomic mass is 10.0. The summed E-state index contributed by atoms with van der Waals surface area (Å²) in [5.74, 6) is -1.59. The molecule has 16 nitrogen and oxygen atoms in total. The second-order valence-corrected chi connectivity index (χ2v) is 30.8. The number of unbranched alkanes of at least 4 members (excludes halogenated alkanes) is 32. The highest BCUT2D eigenvalue weighted by molar-refractivity contribution is 7.47. The molecule has 614 valence electrons. The van der Waals surface area contributed by atoms with Gasteiger partial charge in [-0.2, -0.15) is 0 Å². The number of hydrogen-bond donors (Lipinski definition) is 4. The number of ether oxygens (including phenoxy) is 3. The van der Waals surface area contributed by atoms with Gasteiger partial charge in [0.05, 0.1) is 26.4 Å². The number of hydrogen-bond acceptors (Lipinski definition) is 14. The molecule has 0 aromatic rings. The number of aliphatic hydroxyl groups excluding tert-OH is 2. The van der Waals surface area contributed by atoms with Crippen LogP contribution in [0.3, 0.4) is 0 Å². The van der Waals surface area contributed by atoms with Crippen molar-refractivity contribution in [2.24, 2.45) is 0 Å². The molecule has 0 spiro atoms. The molecule has 0 aliphatic rings. The predicted octanol–water partition coefficient (Wildman–Crippen LogP) is 25.2. The molecule has 0 radical (unpaired) electrons. The van der Waals surface area contributed by atoms with Crippen LogP contribution >= 0.6 is 15.6 Å². The zero-order valence-electron chi connectivity index (χ0n) is 67.3. The average Bonchev–Trinajstić information content (AvgIpc) is 0.903. The summed E-state index contributed by atoms with van der Waals surface area (Å²) in [6.07, 6.45) is 100. The van der Waals surface area contributed by atoms with E-state index in [1.54, 1.807) is 0 Å². The molecule has 0 amide bonds. The molecule has 4 N–H and O–H groups in total. The maximum Gasteiger partial charge on any atom is 0.472 e. The van der Waals surface area contributed by atoms with Gasteiger partial charge in [-0.1, -0.05) is 321 Å². The summed E-state index contributed by atoms with van der Waals surface area (Å²) >= 11 is 0. The van der Waals surface area contributed by atoms with Gasteiger partial charge < -0.3 is 34.2 Å². The number of aliphatic hydroxyl groups is 2. The molecule has 0 fully saturated rings. The van der Waals surface area contributed by atoms with Crippen molar-refractivity contribution in [3.63, 3.8) is 0 Å². The third-order valence-electron chi connectivity index (χ3n) is 17.5. The molecule has 5 atom stereocenters. The summed E-state index contributed by atoms with van der Waals surface area (Å²) in [5.41, 5.74) is 0. The van der Waals surface area contributed by atoms with Gasteiger partial charge in [0, 0.05) is 19.3 Å². The largest absolute Gasteiger partial charge is 0.472 e. The van der Waals surface area contributed by atoms with Crippen molar-refractivity contribution >= 4 is 33.6 Å². The molecule has 107 heavy (non-hydrogen) atoms. The first-order valence-electron chi connectivity index (χ1n) is 42.1. The van der Waals surface area contributed by atoms with Crippen molar-refractivity contribution in [2.75, 3.05) is 39.6 Å². The maximum absolute atomic E-state index is 13.0. The Balaban J connectivity index is 4.64. The first-order valence-corrected chi connectivity index (χ1v) is 45.1. The number of esters is 3. The molecular formula is C89H152O16P2. The van der Waals surface area contributed by atoms with Crippen molar-refractivity contribution in [1.29, 1.82) is 0 Å². The highest BCUT2D eigenvalue weighted by Crippen LogP contribution is 2.45. The fraction of sp³-hybridized carbons (Fsp3) is 0.697. The smallest absolute Gasteiger partial charge is 0.463 e.